The molecule has 1 aliphatic heterocycles. The Morgan fingerprint density at radius 2 is 2.12 bits per heavy atom. The van der Waals surface area contributed by atoms with Crippen LogP contribution in [0.5, 0.6) is 0 Å². The minimum absolute atomic E-state index is 0.0136. The normalized spacial score (nSPS) is 19.8. The molecule has 1 aliphatic rings. The molecule has 1 rings (SSSR count). The molecular weight excluding hydrogens is 210 g/mol. The number of nitrogens with zero attached hydrogens (tertiary/aromatic N) is 1. The molecule has 1 fully saturated rings. The summed E-state index contributed by atoms with van der Waals surface area (Å²) in [5, 5.41) is 5.25. The molecule has 1 unspecified atom stereocenters. The van der Waals surface area contributed by atoms with Gasteiger partial charge < -0.3 is 20.3 Å². The van der Waals surface area contributed by atoms with E-state index in [0.29, 0.717) is 13.1 Å². The molecule has 6 nitrogen and oxygen atoms in total. The molecule has 0 aromatic rings. The Morgan fingerprint density at radius 1 is 1.44 bits per heavy atom. The number of rotatable bonds is 2. The second kappa shape index (κ2) is 5.58. The van der Waals surface area contributed by atoms with E-state index in [0.717, 1.165) is 6.42 Å². The van der Waals surface area contributed by atoms with Crippen molar-refractivity contribution >= 4 is 12.1 Å². The number of nitrogens with one attached hydrogen (secondary N) is 2. The van der Waals surface area contributed by atoms with E-state index in [2.05, 4.69) is 10.6 Å². The number of amides is 3. The van der Waals surface area contributed by atoms with Crippen molar-refractivity contribution in [3.05, 3.63) is 0 Å². The van der Waals surface area contributed by atoms with Gasteiger partial charge in [0.1, 0.15) is 0 Å². The first-order valence-corrected chi connectivity index (χ1v) is 5.46. The molecule has 1 heterocycles. The van der Waals surface area contributed by atoms with E-state index < -0.39 is 0 Å². The number of hydrogen-bond donors (Lipinski definition) is 2. The van der Waals surface area contributed by atoms with Gasteiger partial charge in [-0.2, -0.15) is 0 Å². The minimum Gasteiger partial charge on any atom is -0.447 e. The lowest BCUT2D eigenvalue weighted by Crippen LogP contribution is -2.42. The van der Waals surface area contributed by atoms with Gasteiger partial charge in [-0.1, -0.05) is 0 Å². The number of likely N-dealkylation sites (tertiary alicyclic amines) is 1. The first-order chi connectivity index (χ1) is 7.52. The molecular formula is C10H19N3O3. The van der Waals surface area contributed by atoms with Crippen molar-refractivity contribution in [1.82, 2.24) is 15.5 Å². The molecule has 0 aromatic carbocycles. The highest BCUT2D eigenvalue weighted by atomic mass is 16.6. The van der Waals surface area contributed by atoms with E-state index in [1.54, 1.807) is 11.9 Å². The monoisotopic (exact) mass is 229 g/mol. The summed E-state index contributed by atoms with van der Waals surface area (Å²) in [5.74, 6) is 0. The van der Waals surface area contributed by atoms with E-state index in [1.165, 1.54) is 0 Å². The van der Waals surface area contributed by atoms with Crippen LogP contribution in [0.15, 0.2) is 0 Å². The maximum atomic E-state index is 11.5. The van der Waals surface area contributed by atoms with Crippen LogP contribution in [0.4, 0.5) is 9.59 Å². The topological polar surface area (TPSA) is 70.7 Å². The quantitative estimate of drug-likeness (QED) is 0.725. The second-order valence-corrected chi connectivity index (χ2v) is 4.09. The molecule has 0 aliphatic carbocycles. The van der Waals surface area contributed by atoms with E-state index in [-0.39, 0.29) is 24.3 Å². The number of urea groups is 1. The van der Waals surface area contributed by atoms with E-state index in [9.17, 15) is 9.59 Å². The van der Waals surface area contributed by atoms with Gasteiger partial charge in [-0.15, -0.1) is 0 Å². The summed E-state index contributed by atoms with van der Waals surface area (Å²) < 4.78 is 5.07. The van der Waals surface area contributed by atoms with Crippen LogP contribution in [0.2, 0.25) is 0 Å². The zero-order chi connectivity index (χ0) is 12.1. The van der Waals surface area contributed by atoms with Gasteiger partial charge in [0.25, 0.3) is 0 Å². The van der Waals surface area contributed by atoms with Gasteiger partial charge >= 0.3 is 12.1 Å². The zero-order valence-corrected chi connectivity index (χ0v) is 9.95. The molecule has 0 spiro atoms. The molecule has 1 saturated heterocycles. The van der Waals surface area contributed by atoms with Gasteiger partial charge in [0.2, 0.25) is 0 Å². The predicted molar refractivity (Wildman–Crippen MR) is 59.2 cm³/mol. The van der Waals surface area contributed by atoms with Gasteiger partial charge in [0.05, 0.1) is 6.10 Å². The average Bonchev–Trinajstić information content (AvgIpc) is 2.65. The van der Waals surface area contributed by atoms with Crippen molar-refractivity contribution in [3.63, 3.8) is 0 Å². The first kappa shape index (κ1) is 12.6. The first-order valence-electron chi connectivity index (χ1n) is 5.46. The third-order valence-electron chi connectivity index (χ3n) is 2.35. The maximum Gasteiger partial charge on any atom is 0.410 e. The average molecular weight is 229 g/mol. The largest absolute Gasteiger partial charge is 0.447 e. The Labute approximate surface area is 95.3 Å². The molecule has 2 N–H and O–H groups in total. The molecule has 1 atom stereocenters. The summed E-state index contributed by atoms with van der Waals surface area (Å²) in [7, 11) is 1.56. The van der Waals surface area contributed by atoms with Crippen LogP contribution < -0.4 is 10.6 Å². The predicted octanol–water partition coefficient (Wildman–Crippen LogP) is 0.535. The number of hydrogen-bond acceptors (Lipinski definition) is 3. The summed E-state index contributed by atoms with van der Waals surface area (Å²) in [6.45, 7) is 4.77. The molecule has 3 amide bonds. The molecule has 0 saturated carbocycles. The lowest BCUT2D eigenvalue weighted by Gasteiger charge is -2.18. The zero-order valence-electron chi connectivity index (χ0n) is 9.95. The second-order valence-electron chi connectivity index (χ2n) is 4.09. The van der Waals surface area contributed by atoms with Crippen LogP contribution in [-0.2, 0) is 4.74 Å². The third kappa shape index (κ3) is 3.60. The van der Waals surface area contributed by atoms with Gasteiger partial charge in [-0.3, -0.25) is 0 Å². The molecule has 92 valence electrons. The molecule has 0 radical (unpaired) electrons. The van der Waals surface area contributed by atoms with Crippen LogP contribution >= 0.6 is 0 Å². The smallest absolute Gasteiger partial charge is 0.410 e. The van der Waals surface area contributed by atoms with Crippen molar-refractivity contribution < 1.29 is 14.3 Å². The van der Waals surface area contributed by atoms with Crippen molar-refractivity contribution in [2.75, 3.05) is 20.1 Å². The van der Waals surface area contributed by atoms with Gasteiger partial charge in [-0.05, 0) is 20.3 Å². The van der Waals surface area contributed by atoms with E-state index >= 15 is 0 Å². The standard InChI is InChI=1S/C10H19N3O3/c1-7(2)16-10(15)13-5-4-8(6-13)12-9(14)11-3/h7-8H,4-6H2,1-3H3,(H2,11,12,14). The summed E-state index contributed by atoms with van der Waals surface area (Å²) in [6, 6.07) is -0.205. The van der Waals surface area contributed by atoms with Gasteiger partial charge in [0.15, 0.2) is 0 Å². The SMILES string of the molecule is CNC(=O)NC1CCN(C(=O)OC(C)C)C1. The van der Waals surface area contributed by atoms with E-state index in [4.69, 9.17) is 4.74 Å². The third-order valence-corrected chi connectivity index (χ3v) is 2.35. The van der Waals surface area contributed by atoms with Crippen LogP contribution in [0.1, 0.15) is 20.3 Å². The fourth-order valence-corrected chi connectivity index (χ4v) is 1.58. The van der Waals surface area contributed by atoms with Crippen molar-refractivity contribution in [2.24, 2.45) is 0 Å². The lowest BCUT2D eigenvalue weighted by atomic mass is 10.3. The Bertz CT molecular complexity index is 268. The molecule has 16 heavy (non-hydrogen) atoms. The summed E-state index contributed by atoms with van der Waals surface area (Å²) >= 11 is 0. The Hall–Kier alpha value is -1.46. The summed E-state index contributed by atoms with van der Waals surface area (Å²) in [4.78, 5) is 24.2. The van der Waals surface area contributed by atoms with Crippen molar-refractivity contribution in [2.45, 2.75) is 32.4 Å². The summed E-state index contributed by atoms with van der Waals surface area (Å²) in [5.41, 5.74) is 0. The molecule has 0 aromatic heterocycles. The fraction of sp³-hybridized carbons (Fsp3) is 0.800. The fourth-order valence-electron chi connectivity index (χ4n) is 1.58. The van der Waals surface area contributed by atoms with Gasteiger partial charge in [-0.25, -0.2) is 9.59 Å². The highest BCUT2D eigenvalue weighted by Crippen LogP contribution is 2.11. The molecule has 0 bridgehead atoms. The maximum absolute atomic E-state index is 11.5. The van der Waals surface area contributed by atoms with Gasteiger partial charge in [0, 0.05) is 26.2 Å². The molecule has 6 heteroatoms. The Balaban J connectivity index is 2.34. The lowest BCUT2D eigenvalue weighted by molar-refractivity contribution is 0.0830. The Morgan fingerprint density at radius 3 is 2.69 bits per heavy atom. The minimum atomic E-state index is -0.309. The van der Waals surface area contributed by atoms with Crippen molar-refractivity contribution in [3.8, 4) is 0 Å². The van der Waals surface area contributed by atoms with Crippen LogP contribution in [0, 0.1) is 0 Å². The number of carbonyl (C=O) groups is 2. The van der Waals surface area contributed by atoms with E-state index in [1.807, 2.05) is 13.8 Å². The van der Waals surface area contributed by atoms with Crippen LogP contribution in [-0.4, -0.2) is 49.3 Å². The number of ether oxygens (including phenoxy) is 1. The summed E-state index contributed by atoms with van der Waals surface area (Å²) in [6.07, 6.45) is 0.343. The van der Waals surface area contributed by atoms with Crippen molar-refractivity contribution in [1.29, 1.82) is 0 Å². The van der Waals surface area contributed by atoms with Crippen LogP contribution in [0.3, 0.4) is 0 Å². The van der Waals surface area contributed by atoms with Crippen LogP contribution in [0.25, 0.3) is 0 Å². The Kier molecular flexibility index (Phi) is 4.39. The highest BCUT2D eigenvalue weighted by molar-refractivity contribution is 5.74. The highest BCUT2D eigenvalue weighted by Gasteiger charge is 2.28. The number of carbonyl (C=O) groups excluding carboxylic acids is 2.